The van der Waals surface area contributed by atoms with Gasteiger partial charge >= 0.3 is 0 Å². The lowest BCUT2D eigenvalue weighted by molar-refractivity contribution is 0.102. The molecule has 0 bridgehead atoms. The Morgan fingerprint density at radius 1 is 1.14 bits per heavy atom. The van der Waals surface area contributed by atoms with E-state index >= 15 is 0 Å². The number of amides is 1. The molecule has 4 rings (SSSR count). The molecule has 0 saturated heterocycles. The van der Waals surface area contributed by atoms with Gasteiger partial charge in [-0.15, -0.1) is 0 Å². The van der Waals surface area contributed by atoms with E-state index in [1.807, 2.05) is 69.5 Å². The lowest BCUT2D eigenvalue weighted by atomic mass is 10.0. The number of anilines is 2. The maximum absolute atomic E-state index is 12.9. The highest BCUT2D eigenvalue weighted by Crippen LogP contribution is 2.21. The predicted molar refractivity (Wildman–Crippen MR) is 115 cm³/mol. The number of hydrogen-bond donors (Lipinski definition) is 2. The summed E-state index contributed by atoms with van der Waals surface area (Å²) in [6.07, 6.45) is 3.58. The van der Waals surface area contributed by atoms with Crippen LogP contribution in [0.15, 0.2) is 67.0 Å². The molecular formula is C21H20BN5O. The normalized spacial score (nSPS) is 10.8. The van der Waals surface area contributed by atoms with Gasteiger partial charge in [0.2, 0.25) is 0 Å². The zero-order chi connectivity index (χ0) is 19.5. The zero-order valence-electron chi connectivity index (χ0n) is 15.8. The Labute approximate surface area is 164 Å². The third-order valence-electron chi connectivity index (χ3n) is 4.62. The Kier molecular flexibility index (Phi) is 4.80. The monoisotopic (exact) mass is 369 g/mol. The summed E-state index contributed by atoms with van der Waals surface area (Å²) in [6, 6.07) is 17.3. The van der Waals surface area contributed by atoms with Gasteiger partial charge in [-0.25, -0.2) is 0 Å². The van der Waals surface area contributed by atoms with Gasteiger partial charge in [0.1, 0.15) is 0 Å². The Balaban J connectivity index is 1.52. The predicted octanol–water partition coefficient (Wildman–Crippen LogP) is 2.09. The molecular weight excluding hydrogens is 349 g/mol. The minimum Gasteiger partial charge on any atom is -0.380 e. The summed E-state index contributed by atoms with van der Waals surface area (Å²) in [5.41, 5.74) is 5.23. The van der Waals surface area contributed by atoms with Gasteiger partial charge in [-0.3, -0.25) is 14.5 Å². The molecule has 6 nitrogen and oxygen atoms in total. The first-order chi connectivity index (χ1) is 13.6. The maximum Gasteiger partial charge on any atom is 0.257 e. The summed E-state index contributed by atoms with van der Waals surface area (Å²) in [6.45, 7) is 0.620. The number of aromatic nitrogens is 3. The largest absolute Gasteiger partial charge is 0.380 e. The van der Waals surface area contributed by atoms with Crippen LogP contribution >= 0.6 is 0 Å². The summed E-state index contributed by atoms with van der Waals surface area (Å²) in [5.74, 6) is -0.155. The number of fused-ring (bicyclic) bond motifs is 1. The third kappa shape index (κ3) is 3.73. The van der Waals surface area contributed by atoms with Crippen molar-refractivity contribution in [3.8, 4) is 0 Å². The van der Waals surface area contributed by atoms with Crippen molar-refractivity contribution >= 4 is 41.6 Å². The van der Waals surface area contributed by atoms with Crippen LogP contribution in [-0.4, -0.2) is 28.5 Å². The number of pyridine rings is 1. The van der Waals surface area contributed by atoms with Crippen molar-refractivity contribution in [2.75, 3.05) is 10.6 Å². The number of benzene rings is 2. The van der Waals surface area contributed by atoms with Crippen LogP contribution in [0.1, 0.15) is 15.9 Å². The van der Waals surface area contributed by atoms with Gasteiger partial charge in [0, 0.05) is 36.6 Å². The molecule has 28 heavy (non-hydrogen) atoms. The Bertz CT molecular complexity index is 1150. The highest BCUT2D eigenvalue weighted by molar-refractivity contribution is 6.30. The average Bonchev–Trinajstić information content (AvgIpc) is 3.07. The number of para-hydroxylation sites is 1. The number of carbonyl (C=O) groups excluding carboxylic acids is 1. The first-order valence-corrected chi connectivity index (χ1v) is 9.08. The van der Waals surface area contributed by atoms with Gasteiger partial charge < -0.3 is 10.6 Å². The molecule has 0 saturated carbocycles. The Hall–Kier alpha value is -3.61. The van der Waals surface area contributed by atoms with Crippen LogP contribution in [-0.2, 0) is 13.6 Å². The van der Waals surface area contributed by atoms with Crippen LogP contribution in [0, 0.1) is 0 Å². The van der Waals surface area contributed by atoms with E-state index < -0.39 is 0 Å². The lowest BCUT2D eigenvalue weighted by Gasteiger charge is -2.13. The van der Waals surface area contributed by atoms with E-state index in [2.05, 4.69) is 20.7 Å². The van der Waals surface area contributed by atoms with Crippen LogP contribution in [0.4, 0.5) is 11.4 Å². The third-order valence-corrected chi connectivity index (χ3v) is 4.62. The summed E-state index contributed by atoms with van der Waals surface area (Å²) in [5, 5.41) is 11.6. The minimum atomic E-state index is -0.155. The summed E-state index contributed by atoms with van der Waals surface area (Å²) in [7, 11) is 3.86. The molecule has 4 aromatic rings. The van der Waals surface area contributed by atoms with Crippen molar-refractivity contribution < 1.29 is 4.79 Å². The summed E-state index contributed by atoms with van der Waals surface area (Å²) < 4.78 is 1.81. The van der Waals surface area contributed by atoms with Crippen molar-refractivity contribution in [2.24, 2.45) is 7.05 Å². The van der Waals surface area contributed by atoms with Crippen molar-refractivity contribution in [3.05, 3.63) is 78.1 Å². The van der Waals surface area contributed by atoms with Gasteiger partial charge in [-0.1, -0.05) is 12.1 Å². The van der Waals surface area contributed by atoms with Crippen LogP contribution in [0.5, 0.6) is 0 Å². The SMILES string of the molecule is Bc1cc(CNc2ccccc2C(=O)Nc2ccc3c(cnn3C)c2)ccn1. The second-order valence-corrected chi connectivity index (χ2v) is 6.70. The molecule has 0 unspecified atom stereocenters. The van der Waals surface area contributed by atoms with Crippen molar-refractivity contribution in [3.63, 3.8) is 0 Å². The summed E-state index contributed by atoms with van der Waals surface area (Å²) >= 11 is 0. The number of nitrogens with one attached hydrogen (secondary N) is 2. The van der Waals surface area contributed by atoms with Crippen molar-refractivity contribution in [1.29, 1.82) is 0 Å². The second-order valence-electron chi connectivity index (χ2n) is 6.70. The molecule has 0 radical (unpaired) electrons. The van der Waals surface area contributed by atoms with Gasteiger partial charge in [-0.05, 0) is 53.6 Å². The van der Waals surface area contributed by atoms with Crippen LogP contribution < -0.4 is 16.2 Å². The molecule has 7 heteroatoms. The molecule has 2 heterocycles. The molecule has 0 aliphatic carbocycles. The summed E-state index contributed by atoms with van der Waals surface area (Å²) in [4.78, 5) is 17.1. The molecule has 0 fully saturated rings. The first kappa shape index (κ1) is 17.8. The fourth-order valence-corrected chi connectivity index (χ4v) is 3.19. The molecule has 138 valence electrons. The molecule has 0 atom stereocenters. The fourth-order valence-electron chi connectivity index (χ4n) is 3.19. The maximum atomic E-state index is 12.9. The molecule has 0 aliphatic rings. The smallest absolute Gasteiger partial charge is 0.257 e. The molecule has 0 spiro atoms. The topological polar surface area (TPSA) is 71.8 Å². The molecule has 1 amide bonds. The number of hydrogen-bond acceptors (Lipinski definition) is 4. The van der Waals surface area contributed by atoms with E-state index in [4.69, 9.17) is 0 Å². The van der Waals surface area contributed by atoms with E-state index in [0.29, 0.717) is 12.1 Å². The van der Waals surface area contributed by atoms with E-state index in [-0.39, 0.29) is 5.91 Å². The van der Waals surface area contributed by atoms with Gasteiger partial charge in [0.15, 0.2) is 7.85 Å². The first-order valence-electron chi connectivity index (χ1n) is 9.08. The molecule has 2 N–H and O–H groups in total. The van der Waals surface area contributed by atoms with Crippen LogP contribution in [0.3, 0.4) is 0 Å². The molecule has 2 aromatic carbocycles. The number of rotatable bonds is 5. The van der Waals surface area contributed by atoms with Gasteiger partial charge in [0.25, 0.3) is 5.91 Å². The van der Waals surface area contributed by atoms with Crippen molar-refractivity contribution in [1.82, 2.24) is 14.8 Å². The quantitative estimate of drug-likeness (QED) is 0.529. The van der Waals surface area contributed by atoms with Crippen molar-refractivity contribution in [2.45, 2.75) is 6.54 Å². The van der Waals surface area contributed by atoms with E-state index in [0.717, 1.165) is 33.4 Å². The van der Waals surface area contributed by atoms with E-state index in [9.17, 15) is 4.79 Å². The average molecular weight is 369 g/mol. The van der Waals surface area contributed by atoms with Gasteiger partial charge in [-0.2, -0.15) is 5.10 Å². The molecule has 0 aliphatic heterocycles. The number of carbonyl (C=O) groups is 1. The second kappa shape index (κ2) is 7.56. The highest BCUT2D eigenvalue weighted by Gasteiger charge is 2.12. The fraction of sp³-hybridized carbons (Fsp3) is 0.0952. The zero-order valence-corrected chi connectivity index (χ0v) is 15.8. The number of aryl methyl sites for hydroxylation is 1. The van der Waals surface area contributed by atoms with Crippen LogP contribution in [0.25, 0.3) is 10.9 Å². The number of nitrogens with zero attached hydrogens (tertiary/aromatic N) is 3. The van der Waals surface area contributed by atoms with Crippen LogP contribution in [0.2, 0.25) is 0 Å². The molecule has 2 aromatic heterocycles. The standard InChI is InChI=1S/C21H20BN5O/c1-27-19-7-6-16(11-15(19)13-25-27)26-21(28)17-4-2-3-5-18(17)24-12-14-8-9-23-20(22)10-14/h2-11,13,24H,12,22H2,1H3,(H,26,28). The lowest BCUT2D eigenvalue weighted by Crippen LogP contribution is -2.15. The highest BCUT2D eigenvalue weighted by atomic mass is 16.1. The van der Waals surface area contributed by atoms with Gasteiger partial charge in [0.05, 0.1) is 17.3 Å². The minimum absolute atomic E-state index is 0.155. The van der Waals surface area contributed by atoms with E-state index in [1.54, 1.807) is 17.1 Å². The Morgan fingerprint density at radius 2 is 2.00 bits per heavy atom. The van der Waals surface area contributed by atoms with E-state index in [1.165, 1.54) is 0 Å². The Morgan fingerprint density at radius 3 is 2.86 bits per heavy atom.